The van der Waals surface area contributed by atoms with Crippen LogP contribution >= 0.6 is 0 Å². The zero-order valence-electron chi connectivity index (χ0n) is 22.8. The summed E-state index contributed by atoms with van der Waals surface area (Å²) in [5, 5.41) is 19.8. The van der Waals surface area contributed by atoms with Gasteiger partial charge in [0.1, 0.15) is 0 Å². The molecule has 0 spiro atoms. The maximum Gasteiger partial charge on any atom is 0.305 e. The van der Waals surface area contributed by atoms with Crippen LogP contribution in [0.2, 0.25) is 0 Å². The molecule has 2 unspecified atom stereocenters. The molecule has 0 saturated carbocycles. The minimum absolute atomic E-state index is 0.0205. The van der Waals surface area contributed by atoms with Crippen LogP contribution in [-0.4, -0.2) is 66.0 Å². The molecule has 1 aromatic carbocycles. The predicted octanol–water partition coefficient (Wildman–Crippen LogP) is 5.66. The molecule has 1 aromatic rings. The van der Waals surface area contributed by atoms with E-state index in [0.717, 1.165) is 63.4 Å². The van der Waals surface area contributed by atoms with E-state index in [1.807, 2.05) is 30.3 Å². The van der Waals surface area contributed by atoms with Crippen LogP contribution in [0.25, 0.3) is 0 Å². The van der Waals surface area contributed by atoms with E-state index in [0.29, 0.717) is 25.9 Å². The molecule has 210 valence electrons. The van der Waals surface area contributed by atoms with Gasteiger partial charge in [0.2, 0.25) is 0 Å². The second kappa shape index (κ2) is 16.5. The van der Waals surface area contributed by atoms with Gasteiger partial charge in [-0.1, -0.05) is 56.5 Å². The van der Waals surface area contributed by atoms with Gasteiger partial charge >= 0.3 is 5.97 Å². The van der Waals surface area contributed by atoms with Crippen molar-refractivity contribution in [2.24, 2.45) is 0 Å². The van der Waals surface area contributed by atoms with Gasteiger partial charge in [-0.3, -0.25) is 4.79 Å². The molecule has 0 radical (unpaired) electrons. The molecular weight excluding hydrogens is 472 g/mol. The molecule has 2 fully saturated rings. The van der Waals surface area contributed by atoms with Crippen molar-refractivity contribution in [3.63, 3.8) is 0 Å². The van der Waals surface area contributed by atoms with Crippen molar-refractivity contribution >= 4 is 5.97 Å². The molecule has 3 rings (SSSR count). The van der Waals surface area contributed by atoms with Crippen molar-refractivity contribution in [1.29, 1.82) is 0 Å². The highest BCUT2D eigenvalue weighted by molar-refractivity contribution is 5.67. The molecule has 0 bridgehead atoms. The summed E-state index contributed by atoms with van der Waals surface area (Å²) in [4.78, 5) is 11.4. The molecule has 2 saturated heterocycles. The fourth-order valence-corrected chi connectivity index (χ4v) is 5.72. The zero-order valence-corrected chi connectivity index (χ0v) is 22.8. The Bertz CT molecular complexity index is 758. The fourth-order valence-electron chi connectivity index (χ4n) is 5.72. The number of aliphatic hydroxyl groups excluding tert-OH is 1. The first kappa shape index (κ1) is 30.0. The van der Waals surface area contributed by atoms with E-state index in [4.69, 9.17) is 18.9 Å². The third kappa shape index (κ3) is 11.4. The van der Waals surface area contributed by atoms with Gasteiger partial charge in [0.15, 0.2) is 0 Å². The monoisotopic (exact) mass is 520 g/mol. The van der Waals surface area contributed by atoms with Gasteiger partial charge in [0.05, 0.1) is 55.8 Å². The normalized spacial score (nSPS) is 28.0. The number of carboxylic acid groups (broad SMARTS) is 1. The van der Waals surface area contributed by atoms with Crippen LogP contribution < -0.4 is 0 Å². The van der Waals surface area contributed by atoms with E-state index in [1.165, 1.54) is 0 Å². The van der Waals surface area contributed by atoms with Gasteiger partial charge in [-0.05, 0) is 56.9 Å². The fraction of sp³-hybridized carbons (Fsp3) is 0.767. The van der Waals surface area contributed by atoms with E-state index in [-0.39, 0.29) is 49.1 Å². The first-order chi connectivity index (χ1) is 17.9. The van der Waals surface area contributed by atoms with Crippen molar-refractivity contribution < 1.29 is 34.0 Å². The maximum atomic E-state index is 11.4. The molecule has 7 atom stereocenters. The highest BCUT2D eigenvalue weighted by Gasteiger charge is 2.34. The van der Waals surface area contributed by atoms with Gasteiger partial charge < -0.3 is 29.2 Å². The number of hydrogen-bond acceptors (Lipinski definition) is 6. The van der Waals surface area contributed by atoms with Crippen LogP contribution in [0.15, 0.2) is 30.3 Å². The van der Waals surface area contributed by atoms with Crippen LogP contribution in [0.4, 0.5) is 0 Å². The molecule has 2 heterocycles. The number of methoxy groups -OCH3 is 1. The van der Waals surface area contributed by atoms with Gasteiger partial charge in [-0.25, -0.2) is 0 Å². The number of carbonyl (C=O) groups is 1. The third-order valence-electron chi connectivity index (χ3n) is 7.67. The van der Waals surface area contributed by atoms with Gasteiger partial charge in [-0.15, -0.1) is 0 Å². The molecule has 7 nitrogen and oxygen atoms in total. The Balaban J connectivity index is 1.50. The predicted molar refractivity (Wildman–Crippen MR) is 142 cm³/mol. The summed E-state index contributed by atoms with van der Waals surface area (Å²) < 4.78 is 24.6. The number of benzene rings is 1. The van der Waals surface area contributed by atoms with Crippen LogP contribution in [0.3, 0.4) is 0 Å². The Morgan fingerprint density at radius 2 is 1.68 bits per heavy atom. The Morgan fingerprint density at radius 1 is 1.00 bits per heavy atom. The van der Waals surface area contributed by atoms with Crippen molar-refractivity contribution in [2.75, 3.05) is 7.11 Å². The Labute approximate surface area is 222 Å². The average Bonchev–Trinajstić information content (AvgIpc) is 2.87. The van der Waals surface area contributed by atoms with Crippen LogP contribution in [0, 0.1) is 0 Å². The lowest BCUT2D eigenvalue weighted by Gasteiger charge is -2.37. The second-order valence-corrected chi connectivity index (χ2v) is 10.9. The topological polar surface area (TPSA) is 94.5 Å². The minimum atomic E-state index is -0.853. The van der Waals surface area contributed by atoms with E-state index in [2.05, 4.69) is 6.92 Å². The summed E-state index contributed by atoms with van der Waals surface area (Å²) in [6, 6.07) is 10.0. The van der Waals surface area contributed by atoms with Crippen molar-refractivity contribution in [2.45, 2.75) is 140 Å². The van der Waals surface area contributed by atoms with Gasteiger partial charge in [0.25, 0.3) is 0 Å². The molecular formula is C30H48O7. The molecule has 0 aliphatic carbocycles. The lowest BCUT2D eigenvalue weighted by molar-refractivity contribution is -0.155. The number of ether oxygens (including phenoxy) is 4. The standard InChI is InChI=1S/C30H48O7/c1-3-4-6-12-23(31)15-24-13-9-14-25(36-24)16-26(34-2)17-28-18-27(19-29(37-28)20-30(32)33)35-21-22-10-7-5-8-11-22/h5,7-8,10-11,23-29,31H,3-4,6,9,12-21H2,1-2H3,(H,32,33)/t23-,24+,25?,26-,27+,28?,29+/m1/s1. The van der Waals surface area contributed by atoms with E-state index >= 15 is 0 Å². The highest BCUT2D eigenvalue weighted by Crippen LogP contribution is 2.31. The van der Waals surface area contributed by atoms with Gasteiger partial charge in [0, 0.05) is 13.5 Å². The molecule has 2 aliphatic rings. The summed E-state index contributed by atoms with van der Waals surface area (Å²) in [5.41, 5.74) is 1.11. The molecule has 2 aliphatic heterocycles. The van der Waals surface area contributed by atoms with E-state index in [1.54, 1.807) is 7.11 Å². The van der Waals surface area contributed by atoms with Crippen molar-refractivity contribution in [1.82, 2.24) is 0 Å². The number of hydrogen-bond donors (Lipinski definition) is 2. The number of carboxylic acids is 1. The van der Waals surface area contributed by atoms with E-state index in [9.17, 15) is 15.0 Å². The number of unbranched alkanes of at least 4 members (excludes halogenated alkanes) is 2. The summed E-state index contributed by atoms with van der Waals surface area (Å²) >= 11 is 0. The van der Waals surface area contributed by atoms with Crippen molar-refractivity contribution in [3.8, 4) is 0 Å². The molecule has 0 aromatic heterocycles. The SMILES string of the molecule is CCCCC[C@@H](O)C[C@@H]1CCCC(C[C@H](CC2C[C@H](OCc3ccccc3)C[C@@H](CC(=O)O)O2)OC)O1. The van der Waals surface area contributed by atoms with Crippen LogP contribution in [0.5, 0.6) is 0 Å². The summed E-state index contributed by atoms with van der Waals surface area (Å²) in [6.45, 7) is 2.68. The zero-order chi connectivity index (χ0) is 26.5. The first-order valence-electron chi connectivity index (χ1n) is 14.3. The number of rotatable bonds is 16. The number of aliphatic hydroxyl groups is 1. The largest absolute Gasteiger partial charge is 0.481 e. The second-order valence-electron chi connectivity index (χ2n) is 10.9. The minimum Gasteiger partial charge on any atom is -0.481 e. The molecule has 7 heteroatoms. The first-order valence-corrected chi connectivity index (χ1v) is 14.3. The Morgan fingerprint density at radius 3 is 2.38 bits per heavy atom. The summed E-state index contributed by atoms with van der Waals surface area (Å²) in [5.74, 6) is -0.853. The lowest BCUT2D eigenvalue weighted by Crippen LogP contribution is -2.41. The average molecular weight is 521 g/mol. The lowest BCUT2D eigenvalue weighted by atomic mass is 9.92. The van der Waals surface area contributed by atoms with Crippen LogP contribution in [0.1, 0.15) is 96.0 Å². The third-order valence-corrected chi connectivity index (χ3v) is 7.67. The van der Waals surface area contributed by atoms with Crippen LogP contribution in [-0.2, 0) is 30.3 Å². The smallest absolute Gasteiger partial charge is 0.305 e. The number of aliphatic carboxylic acids is 1. The summed E-state index contributed by atoms with van der Waals surface area (Å²) in [6.07, 6.45) is 10.1. The summed E-state index contributed by atoms with van der Waals surface area (Å²) in [7, 11) is 1.73. The quantitative estimate of drug-likeness (QED) is 0.272. The maximum absolute atomic E-state index is 11.4. The Kier molecular flexibility index (Phi) is 13.4. The van der Waals surface area contributed by atoms with E-state index < -0.39 is 5.97 Å². The molecule has 37 heavy (non-hydrogen) atoms. The van der Waals surface area contributed by atoms with Gasteiger partial charge in [-0.2, -0.15) is 0 Å². The van der Waals surface area contributed by atoms with Crippen molar-refractivity contribution in [3.05, 3.63) is 35.9 Å². The molecule has 0 amide bonds. The molecule has 2 N–H and O–H groups in total. The Hall–Kier alpha value is -1.51. The highest BCUT2D eigenvalue weighted by atomic mass is 16.5.